The van der Waals surface area contributed by atoms with E-state index in [0.717, 1.165) is 43.0 Å². The highest BCUT2D eigenvalue weighted by Crippen LogP contribution is 2.29. The molecule has 0 bridgehead atoms. The van der Waals surface area contributed by atoms with E-state index in [0.29, 0.717) is 6.10 Å². The summed E-state index contributed by atoms with van der Waals surface area (Å²) in [4.78, 5) is 2.26. The zero-order valence-electron chi connectivity index (χ0n) is 13.1. The van der Waals surface area contributed by atoms with Crippen LogP contribution in [0.5, 0.6) is 0 Å². The summed E-state index contributed by atoms with van der Waals surface area (Å²) in [7, 11) is 2.12. The van der Waals surface area contributed by atoms with Crippen LogP contribution in [0.25, 0.3) is 0 Å². The third-order valence-electron chi connectivity index (χ3n) is 4.25. The van der Waals surface area contributed by atoms with E-state index in [9.17, 15) is 0 Å². The summed E-state index contributed by atoms with van der Waals surface area (Å²) in [6, 6.07) is 6.25. The molecule has 1 aliphatic heterocycles. The molecular formula is C17H27ClN2O. The van der Waals surface area contributed by atoms with Gasteiger partial charge >= 0.3 is 0 Å². The van der Waals surface area contributed by atoms with Crippen molar-refractivity contribution >= 4 is 17.3 Å². The fraction of sp³-hybridized carbons (Fsp3) is 0.647. The minimum Gasteiger partial charge on any atom is -0.376 e. The third-order valence-corrected chi connectivity index (χ3v) is 4.60. The maximum absolute atomic E-state index is 6.40. The molecule has 0 amide bonds. The van der Waals surface area contributed by atoms with Crippen LogP contribution in [0.1, 0.15) is 38.2 Å². The number of nitrogens with two attached hydrogens (primary N) is 1. The SMILES string of the molecule is CCC(N)Cc1c(Cl)cccc1N(C)CC1CCCCO1. The molecule has 21 heavy (non-hydrogen) atoms. The zero-order chi connectivity index (χ0) is 15.2. The van der Waals surface area contributed by atoms with Crippen molar-refractivity contribution in [3.63, 3.8) is 0 Å². The second-order valence-electron chi connectivity index (χ2n) is 5.98. The van der Waals surface area contributed by atoms with Gasteiger partial charge in [-0.25, -0.2) is 0 Å². The van der Waals surface area contributed by atoms with Crippen molar-refractivity contribution in [2.24, 2.45) is 5.73 Å². The Morgan fingerprint density at radius 1 is 1.43 bits per heavy atom. The van der Waals surface area contributed by atoms with Crippen LogP contribution in [0, 0.1) is 0 Å². The lowest BCUT2D eigenvalue weighted by molar-refractivity contribution is 0.0216. The van der Waals surface area contributed by atoms with Gasteiger partial charge in [0.05, 0.1) is 6.10 Å². The molecule has 0 aromatic heterocycles. The first-order valence-corrected chi connectivity index (χ1v) is 8.35. The highest BCUT2D eigenvalue weighted by molar-refractivity contribution is 6.31. The van der Waals surface area contributed by atoms with Crippen LogP contribution in [-0.2, 0) is 11.2 Å². The van der Waals surface area contributed by atoms with E-state index in [2.05, 4.69) is 24.9 Å². The molecular weight excluding hydrogens is 284 g/mol. The van der Waals surface area contributed by atoms with Crippen molar-refractivity contribution < 1.29 is 4.74 Å². The normalized spacial score (nSPS) is 20.3. The molecule has 2 N–H and O–H groups in total. The molecule has 1 aliphatic rings. The average molecular weight is 311 g/mol. The summed E-state index contributed by atoms with van der Waals surface area (Å²) in [5.41, 5.74) is 8.47. The fourth-order valence-electron chi connectivity index (χ4n) is 2.87. The Labute approximate surface area is 133 Å². The number of hydrogen-bond acceptors (Lipinski definition) is 3. The van der Waals surface area contributed by atoms with E-state index < -0.39 is 0 Å². The molecule has 1 heterocycles. The molecule has 0 saturated carbocycles. The highest BCUT2D eigenvalue weighted by atomic mass is 35.5. The van der Waals surface area contributed by atoms with E-state index in [1.165, 1.54) is 18.5 Å². The Balaban J connectivity index is 2.11. The van der Waals surface area contributed by atoms with E-state index in [1.54, 1.807) is 0 Å². The molecule has 4 heteroatoms. The quantitative estimate of drug-likeness (QED) is 0.872. The van der Waals surface area contributed by atoms with Crippen molar-refractivity contribution in [3.8, 4) is 0 Å². The van der Waals surface area contributed by atoms with E-state index in [4.69, 9.17) is 22.1 Å². The summed E-state index contributed by atoms with van der Waals surface area (Å²) in [5, 5.41) is 0.813. The molecule has 3 nitrogen and oxygen atoms in total. The fourth-order valence-corrected chi connectivity index (χ4v) is 3.12. The Hall–Kier alpha value is -0.770. The van der Waals surface area contributed by atoms with Gasteiger partial charge in [-0.15, -0.1) is 0 Å². The van der Waals surface area contributed by atoms with Gasteiger partial charge in [-0.3, -0.25) is 0 Å². The average Bonchev–Trinajstić information content (AvgIpc) is 2.50. The van der Waals surface area contributed by atoms with Gasteiger partial charge in [-0.1, -0.05) is 24.6 Å². The maximum atomic E-state index is 6.40. The van der Waals surface area contributed by atoms with Crippen molar-refractivity contribution in [1.29, 1.82) is 0 Å². The summed E-state index contributed by atoms with van der Waals surface area (Å²) in [6.45, 7) is 3.91. The number of likely N-dealkylation sites (N-methyl/N-ethyl adjacent to an activating group) is 1. The molecule has 0 aliphatic carbocycles. The number of rotatable bonds is 6. The van der Waals surface area contributed by atoms with Crippen LogP contribution in [-0.4, -0.2) is 32.3 Å². The summed E-state index contributed by atoms with van der Waals surface area (Å²) in [6.07, 6.45) is 5.71. The maximum Gasteiger partial charge on any atom is 0.0749 e. The first kappa shape index (κ1) is 16.6. The van der Waals surface area contributed by atoms with Crippen LogP contribution >= 0.6 is 11.6 Å². The largest absolute Gasteiger partial charge is 0.376 e. The van der Waals surface area contributed by atoms with E-state index in [1.807, 2.05) is 12.1 Å². The number of hydrogen-bond donors (Lipinski definition) is 1. The molecule has 0 radical (unpaired) electrons. The van der Waals surface area contributed by atoms with Gasteiger partial charge in [0.1, 0.15) is 0 Å². The number of nitrogens with zero attached hydrogens (tertiary/aromatic N) is 1. The van der Waals surface area contributed by atoms with Gasteiger partial charge in [0.25, 0.3) is 0 Å². The lowest BCUT2D eigenvalue weighted by Gasteiger charge is -2.30. The predicted molar refractivity (Wildman–Crippen MR) is 90.3 cm³/mol. The van der Waals surface area contributed by atoms with Gasteiger partial charge < -0.3 is 15.4 Å². The van der Waals surface area contributed by atoms with Crippen LogP contribution < -0.4 is 10.6 Å². The topological polar surface area (TPSA) is 38.5 Å². The Kier molecular flexibility index (Phi) is 6.34. The molecule has 1 aromatic carbocycles. The van der Waals surface area contributed by atoms with Crippen LogP contribution in [0.3, 0.4) is 0 Å². The second kappa shape index (κ2) is 8.02. The molecule has 0 spiro atoms. The molecule has 2 unspecified atom stereocenters. The minimum atomic E-state index is 0.156. The minimum absolute atomic E-state index is 0.156. The number of ether oxygens (including phenoxy) is 1. The lowest BCUT2D eigenvalue weighted by atomic mass is 10.0. The van der Waals surface area contributed by atoms with Crippen molar-refractivity contribution in [2.75, 3.05) is 25.1 Å². The molecule has 1 saturated heterocycles. The standard InChI is InChI=1S/C17H27ClN2O/c1-3-13(19)11-15-16(18)8-6-9-17(15)20(2)12-14-7-4-5-10-21-14/h6,8-9,13-14H,3-5,7,10-12,19H2,1-2H3. The van der Waals surface area contributed by atoms with Crippen LogP contribution in [0.4, 0.5) is 5.69 Å². The van der Waals surface area contributed by atoms with Gasteiger partial charge in [0, 0.05) is 37.0 Å². The van der Waals surface area contributed by atoms with Crippen molar-refractivity contribution in [2.45, 2.75) is 51.2 Å². The van der Waals surface area contributed by atoms with Crippen molar-refractivity contribution in [1.82, 2.24) is 0 Å². The van der Waals surface area contributed by atoms with Crippen LogP contribution in [0.2, 0.25) is 5.02 Å². The van der Waals surface area contributed by atoms with Gasteiger partial charge in [-0.05, 0) is 49.8 Å². The van der Waals surface area contributed by atoms with E-state index >= 15 is 0 Å². The monoisotopic (exact) mass is 310 g/mol. The van der Waals surface area contributed by atoms with Gasteiger partial charge in [0.2, 0.25) is 0 Å². The Morgan fingerprint density at radius 2 is 2.24 bits per heavy atom. The Morgan fingerprint density at radius 3 is 2.90 bits per heavy atom. The Bertz CT molecular complexity index is 446. The van der Waals surface area contributed by atoms with Gasteiger partial charge in [0.15, 0.2) is 0 Å². The summed E-state index contributed by atoms with van der Waals surface area (Å²) in [5.74, 6) is 0. The van der Waals surface area contributed by atoms with Crippen molar-refractivity contribution in [3.05, 3.63) is 28.8 Å². The molecule has 1 aromatic rings. The summed E-state index contributed by atoms with van der Waals surface area (Å²) >= 11 is 6.40. The summed E-state index contributed by atoms with van der Waals surface area (Å²) < 4.78 is 5.84. The molecule has 1 fully saturated rings. The van der Waals surface area contributed by atoms with E-state index in [-0.39, 0.29) is 6.04 Å². The lowest BCUT2D eigenvalue weighted by Crippen LogP contribution is -2.34. The molecule has 118 valence electrons. The smallest absolute Gasteiger partial charge is 0.0749 e. The first-order chi connectivity index (χ1) is 10.1. The van der Waals surface area contributed by atoms with Gasteiger partial charge in [-0.2, -0.15) is 0 Å². The number of benzene rings is 1. The molecule has 2 atom stereocenters. The zero-order valence-corrected chi connectivity index (χ0v) is 13.9. The third kappa shape index (κ3) is 4.60. The van der Waals surface area contributed by atoms with Crippen LogP contribution in [0.15, 0.2) is 18.2 Å². The molecule has 2 rings (SSSR count). The number of halogens is 1. The number of anilines is 1. The highest BCUT2D eigenvalue weighted by Gasteiger charge is 2.19. The second-order valence-corrected chi connectivity index (χ2v) is 6.39. The first-order valence-electron chi connectivity index (χ1n) is 7.97. The predicted octanol–water partition coefficient (Wildman–Crippen LogP) is 3.63.